The molecule has 1 aromatic carbocycles. The molecule has 0 heterocycles. The first-order valence-electron chi connectivity index (χ1n) is 6.41. The third-order valence-electron chi connectivity index (χ3n) is 3.11. The Labute approximate surface area is 123 Å². The van der Waals surface area contributed by atoms with Gasteiger partial charge in [0.2, 0.25) is 0 Å². The van der Waals surface area contributed by atoms with Gasteiger partial charge in [0.15, 0.2) is 11.5 Å². The van der Waals surface area contributed by atoms with E-state index < -0.39 is 17.9 Å². The summed E-state index contributed by atoms with van der Waals surface area (Å²) < 4.78 is 19.7. The summed E-state index contributed by atoms with van der Waals surface area (Å²) in [6.07, 6.45) is 0.319. The normalized spacial score (nSPS) is 11.4. The van der Waals surface area contributed by atoms with Crippen LogP contribution in [0.2, 0.25) is 0 Å². The molecule has 116 valence electrons. The first-order valence-corrected chi connectivity index (χ1v) is 6.41. The van der Waals surface area contributed by atoms with Gasteiger partial charge >= 0.3 is 11.9 Å². The molecule has 0 aromatic heterocycles. The van der Waals surface area contributed by atoms with Crippen LogP contribution in [0.5, 0.6) is 11.5 Å². The van der Waals surface area contributed by atoms with Crippen molar-refractivity contribution in [2.75, 3.05) is 28.4 Å². The van der Waals surface area contributed by atoms with E-state index in [1.807, 2.05) is 6.07 Å². The Hall–Kier alpha value is -2.24. The van der Waals surface area contributed by atoms with Crippen molar-refractivity contribution in [3.8, 4) is 11.5 Å². The van der Waals surface area contributed by atoms with Crippen LogP contribution in [0.15, 0.2) is 18.2 Å². The van der Waals surface area contributed by atoms with E-state index in [9.17, 15) is 9.59 Å². The molecule has 0 aliphatic rings. The minimum atomic E-state index is -0.597. The third kappa shape index (κ3) is 4.66. The van der Waals surface area contributed by atoms with Crippen LogP contribution < -0.4 is 9.47 Å². The first kappa shape index (κ1) is 16.8. The number of ether oxygens (including phenoxy) is 4. The molecule has 0 amide bonds. The van der Waals surface area contributed by atoms with Crippen molar-refractivity contribution < 1.29 is 28.5 Å². The van der Waals surface area contributed by atoms with Crippen molar-refractivity contribution in [2.24, 2.45) is 5.92 Å². The Morgan fingerprint density at radius 1 is 1.00 bits per heavy atom. The summed E-state index contributed by atoms with van der Waals surface area (Å²) in [6, 6.07) is 5.33. The van der Waals surface area contributed by atoms with Crippen LogP contribution in [0.3, 0.4) is 0 Å². The number of carbonyl (C=O) groups is 2. The largest absolute Gasteiger partial charge is 0.493 e. The minimum absolute atomic E-state index is 0.0302. The van der Waals surface area contributed by atoms with Gasteiger partial charge in [-0.3, -0.25) is 9.59 Å². The van der Waals surface area contributed by atoms with Crippen LogP contribution in [-0.2, 0) is 25.5 Å². The molecule has 0 saturated heterocycles. The molecule has 0 bridgehead atoms. The molecule has 0 N–H and O–H groups in total. The van der Waals surface area contributed by atoms with Gasteiger partial charge in [-0.25, -0.2) is 0 Å². The average Bonchev–Trinajstić information content (AvgIpc) is 2.52. The second kappa shape index (κ2) is 8.14. The van der Waals surface area contributed by atoms with Crippen LogP contribution >= 0.6 is 0 Å². The molecule has 0 radical (unpaired) electrons. The van der Waals surface area contributed by atoms with E-state index >= 15 is 0 Å². The van der Waals surface area contributed by atoms with Gasteiger partial charge in [-0.2, -0.15) is 0 Å². The zero-order valence-corrected chi connectivity index (χ0v) is 12.7. The number of hydrogen-bond acceptors (Lipinski definition) is 6. The topological polar surface area (TPSA) is 71.1 Å². The lowest BCUT2D eigenvalue weighted by Gasteiger charge is -2.15. The van der Waals surface area contributed by atoms with Crippen LogP contribution in [0, 0.1) is 5.92 Å². The van der Waals surface area contributed by atoms with Crippen LogP contribution in [0.4, 0.5) is 0 Å². The lowest BCUT2D eigenvalue weighted by molar-refractivity contribution is -0.151. The maximum Gasteiger partial charge on any atom is 0.309 e. The van der Waals surface area contributed by atoms with Crippen molar-refractivity contribution >= 4 is 11.9 Å². The predicted octanol–water partition coefficient (Wildman–Crippen LogP) is 1.60. The second-order valence-electron chi connectivity index (χ2n) is 4.39. The standard InChI is InChI=1S/C15H20O6/c1-18-12-6-5-10(8-13(12)19-2)7-11(15(17)21-4)9-14(16)20-3/h5-6,8,11H,7,9H2,1-4H3/t11-/m1/s1. The number of hydrogen-bond donors (Lipinski definition) is 0. The van der Waals surface area contributed by atoms with E-state index in [4.69, 9.17) is 14.2 Å². The molecule has 0 saturated carbocycles. The SMILES string of the molecule is COC(=O)C[C@@H](Cc1ccc(OC)c(OC)c1)C(=O)OC. The summed E-state index contributed by atoms with van der Waals surface area (Å²) in [5.74, 6) is -0.331. The number of rotatable bonds is 7. The molecule has 21 heavy (non-hydrogen) atoms. The van der Waals surface area contributed by atoms with Crippen LogP contribution in [0.1, 0.15) is 12.0 Å². The van der Waals surface area contributed by atoms with E-state index in [1.54, 1.807) is 19.2 Å². The highest BCUT2D eigenvalue weighted by Gasteiger charge is 2.24. The molecule has 0 aliphatic heterocycles. The summed E-state index contributed by atoms with van der Waals surface area (Å²) in [5, 5.41) is 0. The Balaban J connectivity index is 2.92. The lowest BCUT2D eigenvalue weighted by atomic mass is 9.96. The summed E-state index contributed by atoms with van der Waals surface area (Å²) in [7, 11) is 5.66. The van der Waals surface area contributed by atoms with Gasteiger partial charge < -0.3 is 18.9 Å². The van der Waals surface area contributed by atoms with Gasteiger partial charge in [0.05, 0.1) is 40.8 Å². The molecule has 1 atom stereocenters. The third-order valence-corrected chi connectivity index (χ3v) is 3.11. The Kier molecular flexibility index (Phi) is 6.52. The van der Waals surface area contributed by atoms with Gasteiger partial charge in [-0.05, 0) is 24.1 Å². The zero-order valence-electron chi connectivity index (χ0n) is 12.7. The van der Waals surface area contributed by atoms with Gasteiger partial charge in [0, 0.05) is 0 Å². The maximum atomic E-state index is 11.8. The van der Waals surface area contributed by atoms with Crippen LogP contribution in [-0.4, -0.2) is 40.4 Å². The van der Waals surface area contributed by atoms with Gasteiger partial charge in [0.1, 0.15) is 0 Å². The van der Waals surface area contributed by atoms with Crippen molar-refractivity contribution in [1.29, 1.82) is 0 Å². The van der Waals surface area contributed by atoms with E-state index in [0.29, 0.717) is 17.9 Å². The van der Waals surface area contributed by atoms with Crippen molar-refractivity contribution in [3.63, 3.8) is 0 Å². The van der Waals surface area contributed by atoms with Gasteiger partial charge in [0.25, 0.3) is 0 Å². The fourth-order valence-corrected chi connectivity index (χ4v) is 1.98. The minimum Gasteiger partial charge on any atom is -0.493 e. The molecule has 0 aliphatic carbocycles. The summed E-state index contributed by atoms with van der Waals surface area (Å²) in [6.45, 7) is 0. The molecule has 1 rings (SSSR count). The van der Waals surface area contributed by atoms with Crippen molar-refractivity contribution in [3.05, 3.63) is 23.8 Å². The molecule has 0 spiro atoms. The molecule has 0 unspecified atom stereocenters. The van der Waals surface area contributed by atoms with Gasteiger partial charge in [-0.1, -0.05) is 6.07 Å². The predicted molar refractivity (Wildman–Crippen MR) is 75.4 cm³/mol. The Morgan fingerprint density at radius 3 is 2.19 bits per heavy atom. The Morgan fingerprint density at radius 2 is 1.67 bits per heavy atom. The lowest BCUT2D eigenvalue weighted by Crippen LogP contribution is -2.22. The molecule has 1 aromatic rings. The van der Waals surface area contributed by atoms with Crippen LogP contribution in [0.25, 0.3) is 0 Å². The molecule has 6 nitrogen and oxygen atoms in total. The molecule has 0 fully saturated rings. The van der Waals surface area contributed by atoms with E-state index in [2.05, 4.69) is 4.74 Å². The van der Waals surface area contributed by atoms with Gasteiger partial charge in [-0.15, -0.1) is 0 Å². The fraction of sp³-hybridized carbons (Fsp3) is 0.467. The average molecular weight is 296 g/mol. The Bertz CT molecular complexity index is 497. The highest BCUT2D eigenvalue weighted by molar-refractivity contribution is 5.80. The summed E-state index contributed by atoms with van der Waals surface area (Å²) in [5.41, 5.74) is 0.840. The number of methoxy groups -OCH3 is 4. The highest BCUT2D eigenvalue weighted by Crippen LogP contribution is 2.29. The quantitative estimate of drug-likeness (QED) is 0.712. The summed E-state index contributed by atoms with van der Waals surface area (Å²) in [4.78, 5) is 23.1. The molecular weight excluding hydrogens is 276 g/mol. The summed E-state index contributed by atoms with van der Waals surface area (Å²) >= 11 is 0. The number of carbonyl (C=O) groups excluding carboxylic acids is 2. The van der Waals surface area contributed by atoms with E-state index in [-0.39, 0.29) is 6.42 Å². The smallest absolute Gasteiger partial charge is 0.309 e. The number of esters is 2. The highest BCUT2D eigenvalue weighted by atomic mass is 16.5. The monoisotopic (exact) mass is 296 g/mol. The van der Waals surface area contributed by atoms with Crippen molar-refractivity contribution in [2.45, 2.75) is 12.8 Å². The maximum absolute atomic E-state index is 11.8. The fourth-order valence-electron chi connectivity index (χ4n) is 1.98. The van der Waals surface area contributed by atoms with E-state index in [1.165, 1.54) is 21.3 Å². The second-order valence-corrected chi connectivity index (χ2v) is 4.39. The van der Waals surface area contributed by atoms with E-state index in [0.717, 1.165) is 5.56 Å². The zero-order chi connectivity index (χ0) is 15.8. The first-order chi connectivity index (χ1) is 10.0. The molecular formula is C15H20O6. The molecule has 6 heteroatoms. The van der Waals surface area contributed by atoms with Crippen molar-refractivity contribution in [1.82, 2.24) is 0 Å². The number of benzene rings is 1.